The van der Waals surface area contributed by atoms with E-state index in [0.29, 0.717) is 5.56 Å². The Kier molecular flexibility index (Phi) is 5.39. The van der Waals surface area contributed by atoms with Crippen molar-refractivity contribution in [2.45, 2.75) is 25.7 Å². The summed E-state index contributed by atoms with van der Waals surface area (Å²) < 4.78 is 43.7. The van der Waals surface area contributed by atoms with Crippen LogP contribution in [-0.2, 0) is 22.3 Å². The van der Waals surface area contributed by atoms with E-state index < -0.39 is 29.8 Å². The number of allylic oxidation sites excluding steroid dienone is 1. The van der Waals surface area contributed by atoms with Gasteiger partial charge in [-0.15, -0.1) is 0 Å². The van der Waals surface area contributed by atoms with Crippen molar-refractivity contribution in [1.29, 1.82) is 0 Å². The van der Waals surface area contributed by atoms with Crippen molar-refractivity contribution < 1.29 is 27.5 Å². The van der Waals surface area contributed by atoms with Crippen molar-refractivity contribution in [1.82, 2.24) is 10.6 Å². The molecule has 2 amide bonds. The van der Waals surface area contributed by atoms with Crippen molar-refractivity contribution in [3.05, 3.63) is 82.6 Å². The molecule has 3 rings (SSSR count). The van der Waals surface area contributed by atoms with Crippen LogP contribution >= 0.6 is 0 Å². The van der Waals surface area contributed by atoms with Crippen LogP contribution in [0.1, 0.15) is 29.7 Å². The summed E-state index contributed by atoms with van der Waals surface area (Å²) in [5.41, 5.74) is 0.731. The normalized spacial score (nSPS) is 17.0. The lowest BCUT2D eigenvalue weighted by Gasteiger charge is -2.28. The number of alkyl halides is 3. The number of rotatable bonds is 4. The van der Waals surface area contributed by atoms with Gasteiger partial charge in [-0.2, -0.15) is 13.2 Å². The van der Waals surface area contributed by atoms with Crippen molar-refractivity contribution >= 4 is 12.0 Å². The van der Waals surface area contributed by atoms with Gasteiger partial charge >= 0.3 is 18.2 Å². The van der Waals surface area contributed by atoms with Crippen LogP contribution in [0.5, 0.6) is 0 Å². The van der Waals surface area contributed by atoms with Gasteiger partial charge in [0.05, 0.1) is 17.2 Å². The van der Waals surface area contributed by atoms with Crippen LogP contribution in [0.2, 0.25) is 0 Å². The minimum Gasteiger partial charge on any atom is -0.457 e. The Morgan fingerprint density at radius 2 is 1.71 bits per heavy atom. The van der Waals surface area contributed by atoms with Gasteiger partial charge in [0, 0.05) is 5.70 Å². The van der Waals surface area contributed by atoms with E-state index in [2.05, 4.69) is 10.6 Å². The number of amides is 2. The van der Waals surface area contributed by atoms with Crippen LogP contribution in [0.25, 0.3) is 0 Å². The standard InChI is InChI=1S/C20H17F3N2O3/c1-12-16(18(26)28-11-13-5-3-2-4-6-13)17(25-19(27)24-12)14-7-9-15(10-8-14)20(21,22)23/h2-10,17H,11H2,1H3,(H2,24,25,27)/t17-/m1/s1. The molecule has 0 radical (unpaired) electrons. The van der Waals surface area contributed by atoms with Gasteiger partial charge in [0.2, 0.25) is 0 Å². The summed E-state index contributed by atoms with van der Waals surface area (Å²) in [5, 5.41) is 5.05. The van der Waals surface area contributed by atoms with Gasteiger partial charge < -0.3 is 15.4 Å². The number of esters is 1. The first-order valence-corrected chi connectivity index (χ1v) is 8.42. The zero-order valence-corrected chi connectivity index (χ0v) is 14.8. The maximum absolute atomic E-state index is 12.8. The topological polar surface area (TPSA) is 67.4 Å². The first-order valence-electron chi connectivity index (χ1n) is 8.42. The molecule has 0 aromatic heterocycles. The third-order valence-corrected chi connectivity index (χ3v) is 4.27. The number of halogens is 3. The molecule has 28 heavy (non-hydrogen) atoms. The largest absolute Gasteiger partial charge is 0.457 e. The molecule has 2 N–H and O–H groups in total. The molecule has 0 fully saturated rings. The lowest BCUT2D eigenvalue weighted by molar-refractivity contribution is -0.141. The Morgan fingerprint density at radius 1 is 1.07 bits per heavy atom. The first-order chi connectivity index (χ1) is 13.3. The molecule has 8 heteroatoms. The number of hydrogen-bond acceptors (Lipinski definition) is 3. The van der Waals surface area contributed by atoms with Crippen molar-refractivity contribution in [2.75, 3.05) is 0 Å². The van der Waals surface area contributed by atoms with Crippen molar-refractivity contribution in [2.24, 2.45) is 0 Å². The Bertz CT molecular complexity index is 907. The third kappa shape index (κ3) is 4.33. The van der Waals surface area contributed by atoms with Crippen LogP contribution in [0, 0.1) is 0 Å². The number of hydrogen-bond donors (Lipinski definition) is 2. The lowest BCUT2D eigenvalue weighted by Crippen LogP contribution is -2.45. The molecule has 2 aromatic rings. The predicted octanol–water partition coefficient (Wildman–Crippen LogP) is 4.08. The Hall–Kier alpha value is -3.29. The van der Waals surface area contributed by atoms with Crippen LogP contribution in [-0.4, -0.2) is 12.0 Å². The number of carbonyl (C=O) groups is 2. The zero-order chi connectivity index (χ0) is 20.3. The summed E-state index contributed by atoms with van der Waals surface area (Å²) in [4.78, 5) is 24.5. The Labute approximate surface area is 159 Å². The molecule has 5 nitrogen and oxygen atoms in total. The molecule has 0 unspecified atom stereocenters. The lowest BCUT2D eigenvalue weighted by atomic mass is 9.95. The Balaban J connectivity index is 1.85. The Morgan fingerprint density at radius 3 is 2.32 bits per heavy atom. The molecule has 1 heterocycles. The van der Waals surface area contributed by atoms with Gasteiger partial charge in [-0.25, -0.2) is 9.59 Å². The summed E-state index contributed by atoms with van der Waals surface area (Å²) in [6.07, 6.45) is -4.47. The molecular weight excluding hydrogens is 373 g/mol. The maximum atomic E-state index is 12.8. The number of nitrogens with one attached hydrogen (secondary N) is 2. The second-order valence-electron chi connectivity index (χ2n) is 6.25. The van der Waals surface area contributed by atoms with E-state index in [4.69, 9.17) is 4.74 Å². The van der Waals surface area contributed by atoms with E-state index in [1.807, 2.05) is 6.07 Å². The van der Waals surface area contributed by atoms with Gasteiger partial charge in [0.1, 0.15) is 6.61 Å². The van der Waals surface area contributed by atoms with E-state index in [0.717, 1.165) is 17.7 Å². The van der Waals surface area contributed by atoms with Gasteiger partial charge in [0.25, 0.3) is 0 Å². The molecule has 1 aliphatic rings. The highest BCUT2D eigenvalue weighted by Crippen LogP contribution is 2.32. The molecule has 1 aliphatic heterocycles. The molecule has 0 saturated heterocycles. The van der Waals surface area contributed by atoms with Crippen molar-refractivity contribution in [3.63, 3.8) is 0 Å². The highest BCUT2D eigenvalue weighted by Gasteiger charge is 2.34. The van der Waals surface area contributed by atoms with E-state index in [1.165, 1.54) is 19.1 Å². The summed E-state index contributed by atoms with van der Waals surface area (Å²) >= 11 is 0. The molecule has 0 aliphatic carbocycles. The smallest absolute Gasteiger partial charge is 0.416 e. The number of carbonyl (C=O) groups excluding carboxylic acids is 2. The van der Waals surface area contributed by atoms with E-state index in [9.17, 15) is 22.8 Å². The van der Waals surface area contributed by atoms with Crippen LogP contribution in [0.4, 0.5) is 18.0 Å². The number of benzene rings is 2. The molecule has 0 spiro atoms. The first kappa shape index (κ1) is 19.5. The van der Waals surface area contributed by atoms with Gasteiger partial charge in [-0.1, -0.05) is 42.5 Å². The summed E-state index contributed by atoms with van der Waals surface area (Å²) in [7, 11) is 0. The molecule has 0 bridgehead atoms. The van der Waals surface area contributed by atoms with Crippen LogP contribution in [0.3, 0.4) is 0 Å². The van der Waals surface area contributed by atoms with E-state index in [-0.39, 0.29) is 17.9 Å². The summed E-state index contributed by atoms with van der Waals surface area (Å²) in [6.45, 7) is 1.57. The molecular formula is C20H17F3N2O3. The quantitative estimate of drug-likeness (QED) is 0.774. The average Bonchev–Trinajstić information content (AvgIpc) is 2.66. The number of urea groups is 1. The zero-order valence-electron chi connectivity index (χ0n) is 14.8. The van der Waals surface area contributed by atoms with Gasteiger partial charge in [0.15, 0.2) is 0 Å². The van der Waals surface area contributed by atoms with Gasteiger partial charge in [-0.3, -0.25) is 0 Å². The highest BCUT2D eigenvalue weighted by molar-refractivity contribution is 5.95. The van der Waals surface area contributed by atoms with Gasteiger partial charge in [-0.05, 0) is 30.2 Å². The predicted molar refractivity (Wildman–Crippen MR) is 94.8 cm³/mol. The fraction of sp³-hybridized carbons (Fsp3) is 0.200. The van der Waals surface area contributed by atoms with E-state index >= 15 is 0 Å². The number of ether oxygens (including phenoxy) is 1. The fourth-order valence-electron chi connectivity index (χ4n) is 2.88. The molecule has 1 atom stereocenters. The average molecular weight is 390 g/mol. The van der Waals surface area contributed by atoms with Crippen molar-refractivity contribution in [3.8, 4) is 0 Å². The monoisotopic (exact) mass is 390 g/mol. The summed E-state index contributed by atoms with van der Waals surface area (Å²) in [5.74, 6) is -0.668. The molecule has 0 saturated carbocycles. The second-order valence-corrected chi connectivity index (χ2v) is 6.25. The summed E-state index contributed by atoms with van der Waals surface area (Å²) in [6, 6.07) is 11.8. The highest BCUT2D eigenvalue weighted by atomic mass is 19.4. The maximum Gasteiger partial charge on any atom is 0.416 e. The van der Waals surface area contributed by atoms with Crippen LogP contribution in [0.15, 0.2) is 65.9 Å². The van der Waals surface area contributed by atoms with Crippen LogP contribution < -0.4 is 10.6 Å². The van der Waals surface area contributed by atoms with E-state index in [1.54, 1.807) is 24.3 Å². The molecule has 2 aromatic carbocycles. The SMILES string of the molecule is CC1=C(C(=O)OCc2ccccc2)[C@@H](c2ccc(C(F)(F)F)cc2)NC(=O)N1. The minimum atomic E-state index is -4.47. The molecule has 146 valence electrons. The fourth-order valence-corrected chi connectivity index (χ4v) is 2.88. The minimum absolute atomic E-state index is 0.0319. The second kappa shape index (κ2) is 7.75. The third-order valence-electron chi connectivity index (χ3n) is 4.27.